The molecule has 0 unspecified atom stereocenters. The van der Waals surface area contributed by atoms with E-state index in [1.807, 2.05) is 60.7 Å². The summed E-state index contributed by atoms with van der Waals surface area (Å²) in [6.45, 7) is 0. The topological polar surface area (TPSA) is 57.6 Å². The Labute approximate surface area is 129 Å². The largest absolute Gasteiger partial charge is 0.480 e. The number of carboxylic acid groups (broad SMARTS) is 1. The monoisotopic (exact) mass is 295 g/mol. The fraction of sp³-hybridized carbons (Fsp3) is 0.222. The number of carbonyl (C=O) groups excluding carboxylic acids is 1. The van der Waals surface area contributed by atoms with E-state index in [-0.39, 0.29) is 18.4 Å². The minimum Gasteiger partial charge on any atom is -0.480 e. The number of amides is 1. The van der Waals surface area contributed by atoms with Gasteiger partial charge in [0.25, 0.3) is 0 Å². The van der Waals surface area contributed by atoms with Gasteiger partial charge in [0.2, 0.25) is 5.91 Å². The molecule has 3 rings (SSSR count). The van der Waals surface area contributed by atoms with Gasteiger partial charge in [0, 0.05) is 6.42 Å². The first kappa shape index (κ1) is 14.3. The molecule has 0 bridgehead atoms. The third kappa shape index (κ3) is 2.60. The highest BCUT2D eigenvalue weighted by Crippen LogP contribution is 2.35. The van der Waals surface area contributed by atoms with Gasteiger partial charge in [0.05, 0.1) is 6.04 Å². The van der Waals surface area contributed by atoms with Crippen LogP contribution in [0.1, 0.15) is 30.0 Å². The molecule has 1 saturated heterocycles. The second-order valence-electron chi connectivity index (χ2n) is 5.42. The van der Waals surface area contributed by atoms with E-state index in [1.54, 1.807) is 0 Å². The SMILES string of the molecule is O=C(O)[C@@H]1CCC(=O)N1C(c1ccccc1)c1ccccc1. The van der Waals surface area contributed by atoms with Gasteiger partial charge in [-0.05, 0) is 17.5 Å². The Morgan fingerprint density at radius 1 is 1.00 bits per heavy atom. The number of hydrogen-bond acceptors (Lipinski definition) is 2. The number of carbonyl (C=O) groups is 2. The molecule has 2 aromatic carbocycles. The van der Waals surface area contributed by atoms with E-state index < -0.39 is 12.0 Å². The lowest BCUT2D eigenvalue weighted by molar-refractivity contribution is -0.147. The van der Waals surface area contributed by atoms with Gasteiger partial charge in [0.1, 0.15) is 6.04 Å². The molecule has 0 saturated carbocycles. The minimum atomic E-state index is -0.942. The maximum Gasteiger partial charge on any atom is 0.326 e. The standard InChI is InChI=1S/C18H17NO3/c20-16-12-11-15(18(21)22)19(16)17(13-7-3-1-4-8-13)14-9-5-2-6-10-14/h1-10,15,17H,11-12H2,(H,21,22)/t15-/m0/s1. The van der Waals surface area contributed by atoms with Gasteiger partial charge in [-0.3, -0.25) is 4.79 Å². The Morgan fingerprint density at radius 2 is 1.50 bits per heavy atom. The molecule has 1 amide bonds. The zero-order chi connectivity index (χ0) is 15.5. The van der Waals surface area contributed by atoms with Crippen LogP contribution in [0.4, 0.5) is 0 Å². The summed E-state index contributed by atoms with van der Waals surface area (Å²) in [6.07, 6.45) is 0.650. The Morgan fingerprint density at radius 3 is 1.95 bits per heavy atom. The first-order chi connectivity index (χ1) is 10.7. The van der Waals surface area contributed by atoms with Gasteiger partial charge in [-0.15, -0.1) is 0 Å². The summed E-state index contributed by atoms with van der Waals surface area (Å²) in [7, 11) is 0. The summed E-state index contributed by atoms with van der Waals surface area (Å²) in [6, 6.07) is 18.0. The van der Waals surface area contributed by atoms with Crippen molar-refractivity contribution in [3.63, 3.8) is 0 Å². The molecule has 1 fully saturated rings. The van der Waals surface area contributed by atoms with Gasteiger partial charge >= 0.3 is 5.97 Å². The van der Waals surface area contributed by atoms with Gasteiger partial charge in [-0.2, -0.15) is 0 Å². The average molecular weight is 295 g/mol. The summed E-state index contributed by atoms with van der Waals surface area (Å²) < 4.78 is 0. The molecule has 0 radical (unpaired) electrons. The highest BCUT2D eigenvalue weighted by Gasteiger charge is 2.41. The van der Waals surface area contributed by atoms with E-state index in [0.717, 1.165) is 11.1 Å². The lowest BCUT2D eigenvalue weighted by Gasteiger charge is -2.32. The van der Waals surface area contributed by atoms with Crippen LogP contribution >= 0.6 is 0 Å². The number of carboxylic acids is 1. The molecule has 0 spiro atoms. The first-order valence-corrected chi connectivity index (χ1v) is 7.32. The van der Waals surface area contributed by atoms with Gasteiger partial charge in [0.15, 0.2) is 0 Å². The van der Waals surface area contributed by atoms with Crippen LogP contribution in [0.15, 0.2) is 60.7 Å². The summed E-state index contributed by atoms with van der Waals surface area (Å²) >= 11 is 0. The second kappa shape index (κ2) is 6.02. The number of nitrogens with zero attached hydrogens (tertiary/aromatic N) is 1. The lowest BCUT2D eigenvalue weighted by atomic mass is 9.96. The molecular formula is C18H17NO3. The number of hydrogen-bond donors (Lipinski definition) is 1. The zero-order valence-electron chi connectivity index (χ0n) is 12.1. The molecule has 112 valence electrons. The number of benzene rings is 2. The molecule has 0 aromatic heterocycles. The molecule has 1 aliphatic rings. The lowest BCUT2D eigenvalue weighted by Crippen LogP contribution is -2.41. The minimum absolute atomic E-state index is 0.106. The van der Waals surface area contributed by atoms with Crippen molar-refractivity contribution in [3.05, 3.63) is 71.8 Å². The zero-order valence-corrected chi connectivity index (χ0v) is 12.1. The Bertz CT molecular complexity index is 630. The summed E-state index contributed by atoms with van der Waals surface area (Å²) in [5.41, 5.74) is 1.85. The van der Waals surface area contributed by atoms with Gasteiger partial charge in [-0.1, -0.05) is 60.7 Å². The second-order valence-corrected chi connectivity index (χ2v) is 5.42. The smallest absolute Gasteiger partial charge is 0.326 e. The van der Waals surface area contributed by atoms with E-state index in [4.69, 9.17) is 0 Å². The third-order valence-corrected chi connectivity index (χ3v) is 4.05. The van der Waals surface area contributed by atoms with Crippen molar-refractivity contribution in [1.29, 1.82) is 0 Å². The van der Waals surface area contributed by atoms with Crippen molar-refractivity contribution in [1.82, 2.24) is 4.90 Å². The van der Waals surface area contributed by atoms with Crippen molar-refractivity contribution in [2.45, 2.75) is 24.9 Å². The van der Waals surface area contributed by atoms with Crippen LogP contribution < -0.4 is 0 Å². The molecule has 4 heteroatoms. The quantitative estimate of drug-likeness (QED) is 0.943. The Hall–Kier alpha value is -2.62. The fourth-order valence-electron chi connectivity index (χ4n) is 3.05. The summed E-state index contributed by atoms with van der Waals surface area (Å²) in [5.74, 6) is -1.05. The van der Waals surface area contributed by atoms with Crippen molar-refractivity contribution in [2.75, 3.05) is 0 Å². The highest BCUT2D eigenvalue weighted by molar-refractivity contribution is 5.88. The van der Waals surface area contributed by atoms with Gasteiger partial charge in [-0.25, -0.2) is 4.79 Å². The van der Waals surface area contributed by atoms with E-state index in [1.165, 1.54) is 4.90 Å². The van der Waals surface area contributed by atoms with Crippen LogP contribution in [-0.4, -0.2) is 27.9 Å². The predicted octanol–water partition coefficient (Wildman–Crippen LogP) is 2.85. The van der Waals surface area contributed by atoms with Crippen LogP contribution in [0.3, 0.4) is 0 Å². The predicted molar refractivity (Wildman–Crippen MR) is 82.2 cm³/mol. The van der Waals surface area contributed by atoms with E-state index in [9.17, 15) is 14.7 Å². The molecule has 1 atom stereocenters. The fourth-order valence-corrected chi connectivity index (χ4v) is 3.05. The molecule has 1 heterocycles. The number of rotatable bonds is 4. The number of aliphatic carboxylic acids is 1. The van der Waals surface area contributed by atoms with Crippen LogP contribution in [-0.2, 0) is 9.59 Å². The first-order valence-electron chi connectivity index (χ1n) is 7.32. The van der Waals surface area contributed by atoms with Crippen molar-refractivity contribution in [3.8, 4) is 0 Å². The summed E-state index contributed by atoms with van der Waals surface area (Å²) in [5, 5.41) is 9.45. The third-order valence-electron chi connectivity index (χ3n) is 4.05. The van der Waals surface area contributed by atoms with Crippen molar-refractivity contribution in [2.24, 2.45) is 0 Å². The maximum absolute atomic E-state index is 12.3. The maximum atomic E-state index is 12.3. The normalized spacial score (nSPS) is 18.0. The summed E-state index contributed by atoms with van der Waals surface area (Å²) in [4.78, 5) is 25.4. The van der Waals surface area contributed by atoms with Crippen LogP contribution in [0.2, 0.25) is 0 Å². The highest BCUT2D eigenvalue weighted by atomic mass is 16.4. The van der Waals surface area contributed by atoms with E-state index in [0.29, 0.717) is 6.42 Å². The van der Waals surface area contributed by atoms with Gasteiger partial charge < -0.3 is 10.0 Å². The van der Waals surface area contributed by atoms with Crippen LogP contribution in [0.25, 0.3) is 0 Å². The Kier molecular flexibility index (Phi) is 3.92. The molecule has 22 heavy (non-hydrogen) atoms. The average Bonchev–Trinajstić information content (AvgIpc) is 2.92. The molecule has 1 N–H and O–H groups in total. The number of likely N-dealkylation sites (tertiary alicyclic amines) is 1. The van der Waals surface area contributed by atoms with Crippen molar-refractivity contribution >= 4 is 11.9 Å². The van der Waals surface area contributed by atoms with Crippen LogP contribution in [0, 0.1) is 0 Å². The molecule has 1 aliphatic heterocycles. The van der Waals surface area contributed by atoms with E-state index in [2.05, 4.69) is 0 Å². The molecule has 4 nitrogen and oxygen atoms in total. The van der Waals surface area contributed by atoms with Crippen LogP contribution in [0.5, 0.6) is 0 Å². The molecule has 2 aromatic rings. The van der Waals surface area contributed by atoms with E-state index >= 15 is 0 Å². The van der Waals surface area contributed by atoms with Crippen molar-refractivity contribution < 1.29 is 14.7 Å². The Balaban J connectivity index is 2.09. The molecular weight excluding hydrogens is 278 g/mol. The molecule has 0 aliphatic carbocycles.